The van der Waals surface area contributed by atoms with Gasteiger partial charge in [-0.25, -0.2) is 4.39 Å². The quantitative estimate of drug-likeness (QED) is 0.728. The van der Waals surface area contributed by atoms with Crippen LogP contribution in [0.3, 0.4) is 0 Å². The molecular formula is C10H14FNO2. The first-order chi connectivity index (χ1) is 6.63. The minimum atomic E-state index is -0.625. The maximum Gasteiger partial charge on any atom is 0.166 e. The molecule has 1 rings (SSSR count). The molecule has 3 nitrogen and oxygen atoms in total. The SMILES string of the molecule is COC(C)CNc1ccc(O)c(F)c1. The van der Waals surface area contributed by atoms with Gasteiger partial charge in [0.15, 0.2) is 11.6 Å². The third-order valence-electron chi connectivity index (χ3n) is 1.94. The summed E-state index contributed by atoms with van der Waals surface area (Å²) in [6.07, 6.45) is 0.0619. The van der Waals surface area contributed by atoms with E-state index >= 15 is 0 Å². The van der Waals surface area contributed by atoms with E-state index in [0.717, 1.165) is 0 Å². The maximum atomic E-state index is 12.9. The molecule has 14 heavy (non-hydrogen) atoms. The highest BCUT2D eigenvalue weighted by Gasteiger charge is 2.02. The van der Waals surface area contributed by atoms with E-state index in [9.17, 15) is 4.39 Å². The number of phenols is 1. The zero-order valence-electron chi connectivity index (χ0n) is 8.25. The first kappa shape index (κ1) is 10.8. The van der Waals surface area contributed by atoms with Crippen molar-refractivity contribution in [2.24, 2.45) is 0 Å². The molecule has 1 unspecified atom stereocenters. The summed E-state index contributed by atoms with van der Waals surface area (Å²) in [6, 6.07) is 4.17. The van der Waals surface area contributed by atoms with Crippen LogP contribution in [0, 0.1) is 5.82 Å². The lowest BCUT2D eigenvalue weighted by Gasteiger charge is -2.11. The Kier molecular flexibility index (Phi) is 3.71. The molecule has 0 fully saturated rings. The highest BCUT2D eigenvalue weighted by atomic mass is 19.1. The molecule has 1 aromatic carbocycles. The number of halogens is 1. The first-order valence-corrected chi connectivity index (χ1v) is 4.38. The molecule has 0 heterocycles. The van der Waals surface area contributed by atoms with Crippen LogP contribution in [0.4, 0.5) is 10.1 Å². The van der Waals surface area contributed by atoms with Gasteiger partial charge in [0.05, 0.1) is 6.10 Å². The Morgan fingerprint density at radius 2 is 2.29 bits per heavy atom. The van der Waals surface area contributed by atoms with Crippen LogP contribution in [0.1, 0.15) is 6.92 Å². The van der Waals surface area contributed by atoms with Crippen LogP contribution in [0.2, 0.25) is 0 Å². The molecule has 1 atom stereocenters. The van der Waals surface area contributed by atoms with Crippen LogP contribution in [-0.2, 0) is 4.74 Å². The van der Waals surface area contributed by atoms with Crippen LogP contribution in [0.5, 0.6) is 5.75 Å². The summed E-state index contributed by atoms with van der Waals surface area (Å²) >= 11 is 0. The van der Waals surface area contributed by atoms with Crippen molar-refractivity contribution in [2.45, 2.75) is 13.0 Å². The highest BCUT2D eigenvalue weighted by molar-refractivity contribution is 5.46. The van der Waals surface area contributed by atoms with Crippen molar-refractivity contribution in [1.82, 2.24) is 0 Å². The minimum Gasteiger partial charge on any atom is -0.505 e. The predicted octanol–water partition coefficient (Wildman–Crippen LogP) is 1.98. The van der Waals surface area contributed by atoms with E-state index in [4.69, 9.17) is 9.84 Å². The van der Waals surface area contributed by atoms with Crippen molar-refractivity contribution in [1.29, 1.82) is 0 Å². The summed E-state index contributed by atoms with van der Waals surface area (Å²) in [6.45, 7) is 2.50. The van der Waals surface area contributed by atoms with Gasteiger partial charge < -0.3 is 15.2 Å². The van der Waals surface area contributed by atoms with Gasteiger partial charge in [0.1, 0.15) is 0 Å². The predicted molar refractivity (Wildman–Crippen MR) is 53.0 cm³/mol. The molecule has 0 aromatic heterocycles. The molecule has 0 amide bonds. The van der Waals surface area contributed by atoms with E-state index < -0.39 is 5.82 Å². The lowest BCUT2D eigenvalue weighted by atomic mass is 10.3. The maximum absolute atomic E-state index is 12.9. The van der Waals surface area contributed by atoms with Gasteiger partial charge in [0, 0.05) is 25.4 Å². The van der Waals surface area contributed by atoms with Gasteiger partial charge in [-0.3, -0.25) is 0 Å². The molecule has 0 saturated carbocycles. The second kappa shape index (κ2) is 4.81. The van der Waals surface area contributed by atoms with Crippen molar-refractivity contribution in [3.05, 3.63) is 24.0 Å². The zero-order valence-corrected chi connectivity index (χ0v) is 8.25. The average molecular weight is 199 g/mol. The van der Waals surface area contributed by atoms with Gasteiger partial charge in [-0.05, 0) is 19.1 Å². The zero-order chi connectivity index (χ0) is 10.6. The Morgan fingerprint density at radius 3 is 2.86 bits per heavy atom. The fourth-order valence-electron chi connectivity index (χ4n) is 0.962. The summed E-state index contributed by atoms with van der Waals surface area (Å²) < 4.78 is 17.9. The first-order valence-electron chi connectivity index (χ1n) is 4.38. The standard InChI is InChI=1S/C10H14FNO2/c1-7(14-2)6-12-8-3-4-10(13)9(11)5-8/h3-5,7,12-13H,6H2,1-2H3. The fourth-order valence-corrected chi connectivity index (χ4v) is 0.962. The molecular weight excluding hydrogens is 185 g/mol. The van der Waals surface area contributed by atoms with Crippen molar-refractivity contribution >= 4 is 5.69 Å². The Balaban J connectivity index is 2.55. The van der Waals surface area contributed by atoms with Crippen molar-refractivity contribution in [2.75, 3.05) is 19.0 Å². The summed E-state index contributed by atoms with van der Waals surface area (Å²) in [5.74, 6) is -0.963. The Morgan fingerprint density at radius 1 is 1.57 bits per heavy atom. The molecule has 0 aliphatic rings. The Bertz CT molecular complexity index is 304. The second-order valence-corrected chi connectivity index (χ2v) is 3.09. The number of hydrogen-bond acceptors (Lipinski definition) is 3. The van der Waals surface area contributed by atoms with E-state index in [1.165, 1.54) is 12.1 Å². The van der Waals surface area contributed by atoms with Crippen LogP contribution in [0.25, 0.3) is 0 Å². The summed E-state index contributed by atoms with van der Waals surface area (Å²) in [4.78, 5) is 0. The number of aromatic hydroxyl groups is 1. The lowest BCUT2D eigenvalue weighted by Crippen LogP contribution is -2.17. The number of nitrogens with one attached hydrogen (secondary N) is 1. The van der Waals surface area contributed by atoms with Gasteiger partial charge in [0.25, 0.3) is 0 Å². The molecule has 2 N–H and O–H groups in total. The number of rotatable bonds is 4. The molecule has 0 aliphatic heterocycles. The van der Waals surface area contributed by atoms with Crippen molar-refractivity contribution < 1.29 is 14.2 Å². The molecule has 0 radical (unpaired) electrons. The molecule has 0 aliphatic carbocycles. The summed E-state index contributed by atoms with van der Waals surface area (Å²) in [5, 5.41) is 11.9. The van der Waals surface area contributed by atoms with Crippen molar-refractivity contribution in [3.8, 4) is 5.75 Å². The van der Waals surface area contributed by atoms with E-state index in [1.807, 2.05) is 6.92 Å². The second-order valence-electron chi connectivity index (χ2n) is 3.09. The van der Waals surface area contributed by atoms with E-state index in [0.29, 0.717) is 12.2 Å². The molecule has 0 bridgehead atoms. The van der Waals surface area contributed by atoms with Crippen LogP contribution in [-0.4, -0.2) is 24.9 Å². The van der Waals surface area contributed by atoms with Gasteiger partial charge >= 0.3 is 0 Å². The highest BCUT2D eigenvalue weighted by Crippen LogP contribution is 2.19. The smallest absolute Gasteiger partial charge is 0.166 e. The topological polar surface area (TPSA) is 41.5 Å². The minimum absolute atomic E-state index is 0.0619. The molecule has 1 aromatic rings. The molecule has 0 spiro atoms. The van der Waals surface area contributed by atoms with Gasteiger partial charge in [-0.1, -0.05) is 0 Å². The van der Waals surface area contributed by atoms with E-state index in [1.54, 1.807) is 13.2 Å². The van der Waals surface area contributed by atoms with E-state index in [2.05, 4.69) is 5.32 Å². The number of benzene rings is 1. The number of hydrogen-bond donors (Lipinski definition) is 2. The normalized spacial score (nSPS) is 12.5. The molecule has 4 heteroatoms. The number of anilines is 1. The largest absolute Gasteiger partial charge is 0.505 e. The Labute approximate surface area is 82.5 Å². The summed E-state index contributed by atoms with van der Waals surface area (Å²) in [5.41, 5.74) is 0.629. The van der Waals surface area contributed by atoms with Crippen LogP contribution in [0.15, 0.2) is 18.2 Å². The molecule has 0 saturated heterocycles. The Hall–Kier alpha value is -1.29. The van der Waals surface area contributed by atoms with Gasteiger partial charge in [-0.2, -0.15) is 0 Å². The number of ether oxygens (including phenoxy) is 1. The van der Waals surface area contributed by atoms with Gasteiger partial charge in [0.2, 0.25) is 0 Å². The third kappa shape index (κ3) is 2.88. The third-order valence-corrected chi connectivity index (χ3v) is 1.94. The number of phenolic OH excluding ortho intramolecular Hbond substituents is 1. The number of methoxy groups -OCH3 is 1. The van der Waals surface area contributed by atoms with E-state index in [-0.39, 0.29) is 11.9 Å². The van der Waals surface area contributed by atoms with Gasteiger partial charge in [-0.15, -0.1) is 0 Å². The lowest BCUT2D eigenvalue weighted by molar-refractivity contribution is 0.129. The fraction of sp³-hybridized carbons (Fsp3) is 0.400. The average Bonchev–Trinajstić information content (AvgIpc) is 2.19. The van der Waals surface area contributed by atoms with Crippen molar-refractivity contribution in [3.63, 3.8) is 0 Å². The summed E-state index contributed by atoms with van der Waals surface area (Å²) in [7, 11) is 1.61. The monoisotopic (exact) mass is 199 g/mol. The molecule has 78 valence electrons. The van der Waals surface area contributed by atoms with Crippen LogP contribution >= 0.6 is 0 Å². The van der Waals surface area contributed by atoms with Crippen LogP contribution < -0.4 is 5.32 Å².